The summed E-state index contributed by atoms with van der Waals surface area (Å²) in [6.07, 6.45) is 5.60. The topological polar surface area (TPSA) is 76.5 Å². The molecule has 0 aliphatic carbocycles. The van der Waals surface area contributed by atoms with Gasteiger partial charge in [0.25, 0.3) is 0 Å². The highest BCUT2D eigenvalue weighted by Gasteiger charge is 2.27. The molecular formula is C25H32N6O2. The van der Waals surface area contributed by atoms with Crippen molar-refractivity contribution in [3.05, 3.63) is 59.9 Å². The molecule has 0 spiro atoms. The number of hydrogen-bond acceptors (Lipinski definition) is 8. The fourth-order valence-electron chi connectivity index (χ4n) is 3.85. The van der Waals surface area contributed by atoms with Crippen LogP contribution in [0.3, 0.4) is 0 Å². The Kier molecular flexibility index (Phi) is 7.15. The molecule has 1 atom stereocenters. The van der Waals surface area contributed by atoms with E-state index in [1.807, 2.05) is 61.9 Å². The van der Waals surface area contributed by atoms with Crippen LogP contribution in [0.4, 0.5) is 5.95 Å². The number of benzene rings is 1. The Hall–Kier alpha value is -3.10. The van der Waals surface area contributed by atoms with Crippen LogP contribution in [0.1, 0.15) is 43.0 Å². The average molecular weight is 449 g/mol. The number of hydrogen-bond donors (Lipinski definition) is 0. The van der Waals surface area contributed by atoms with Crippen molar-refractivity contribution in [3.63, 3.8) is 0 Å². The average Bonchev–Trinajstić information content (AvgIpc) is 2.84. The Labute approximate surface area is 195 Å². The number of morpholine rings is 1. The van der Waals surface area contributed by atoms with E-state index in [0.717, 1.165) is 53.6 Å². The van der Waals surface area contributed by atoms with Gasteiger partial charge in [-0.25, -0.2) is 19.9 Å². The monoisotopic (exact) mass is 448 g/mol. The molecule has 1 aliphatic heterocycles. The second kappa shape index (κ2) is 10.2. The summed E-state index contributed by atoms with van der Waals surface area (Å²) < 4.78 is 11.5. The molecule has 3 aromatic rings. The molecule has 0 bridgehead atoms. The van der Waals surface area contributed by atoms with Crippen molar-refractivity contribution in [2.45, 2.75) is 32.4 Å². The van der Waals surface area contributed by atoms with Crippen molar-refractivity contribution < 1.29 is 9.47 Å². The highest BCUT2D eigenvalue weighted by atomic mass is 16.5. The molecule has 0 amide bonds. The van der Waals surface area contributed by atoms with Gasteiger partial charge in [-0.05, 0) is 17.7 Å². The molecule has 8 nitrogen and oxygen atoms in total. The predicted octanol–water partition coefficient (Wildman–Crippen LogP) is 3.71. The van der Waals surface area contributed by atoms with Gasteiger partial charge < -0.3 is 14.4 Å². The smallest absolute Gasteiger partial charge is 0.225 e. The van der Waals surface area contributed by atoms with E-state index in [9.17, 15) is 0 Å². The van der Waals surface area contributed by atoms with Gasteiger partial charge in [-0.1, -0.05) is 26.0 Å². The molecule has 1 fully saturated rings. The van der Waals surface area contributed by atoms with Crippen LogP contribution in [0.5, 0.6) is 5.75 Å². The fourth-order valence-corrected chi connectivity index (χ4v) is 3.85. The largest absolute Gasteiger partial charge is 0.497 e. The number of nitrogens with zero attached hydrogens (tertiary/aromatic N) is 6. The second-order valence-electron chi connectivity index (χ2n) is 8.79. The van der Waals surface area contributed by atoms with Crippen LogP contribution < -0.4 is 9.64 Å². The van der Waals surface area contributed by atoms with Crippen LogP contribution in [0.2, 0.25) is 0 Å². The van der Waals surface area contributed by atoms with E-state index < -0.39 is 0 Å². The van der Waals surface area contributed by atoms with Crippen molar-refractivity contribution in [3.8, 4) is 16.9 Å². The van der Waals surface area contributed by atoms with Crippen LogP contribution >= 0.6 is 0 Å². The summed E-state index contributed by atoms with van der Waals surface area (Å²) >= 11 is 0. The maximum absolute atomic E-state index is 6.22. The second-order valence-corrected chi connectivity index (χ2v) is 8.79. The molecule has 174 valence electrons. The lowest BCUT2D eigenvalue weighted by atomic mass is 10.0. The Morgan fingerprint density at radius 2 is 1.82 bits per heavy atom. The van der Waals surface area contributed by atoms with E-state index in [-0.39, 0.29) is 6.10 Å². The molecular weight excluding hydrogens is 416 g/mol. The maximum atomic E-state index is 6.22. The van der Waals surface area contributed by atoms with Crippen LogP contribution in [0.15, 0.2) is 42.9 Å². The first-order valence-corrected chi connectivity index (χ1v) is 11.3. The summed E-state index contributed by atoms with van der Waals surface area (Å²) in [7, 11) is 5.56. The van der Waals surface area contributed by atoms with Gasteiger partial charge >= 0.3 is 0 Å². The number of ether oxygens (including phenoxy) is 2. The van der Waals surface area contributed by atoms with Gasteiger partial charge in [-0.15, -0.1) is 0 Å². The van der Waals surface area contributed by atoms with Crippen molar-refractivity contribution in [2.75, 3.05) is 45.8 Å². The van der Waals surface area contributed by atoms with E-state index in [1.165, 1.54) is 0 Å². The summed E-state index contributed by atoms with van der Waals surface area (Å²) in [5.74, 6) is 2.68. The molecule has 3 heterocycles. The molecule has 0 radical (unpaired) electrons. The third-order valence-corrected chi connectivity index (χ3v) is 5.71. The quantitative estimate of drug-likeness (QED) is 0.542. The minimum atomic E-state index is -0.159. The zero-order valence-corrected chi connectivity index (χ0v) is 20.0. The highest BCUT2D eigenvalue weighted by molar-refractivity contribution is 5.67. The lowest BCUT2D eigenvalue weighted by Gasteiger charge is -2.33. The molecule has 4 rings (SSSR count). The first-order valence-electron chi connectivity index (χ1n) is 11.3. The molecule has 1 saturated heterocycles. The SMILES string of the molecule is COc1ccc(-c2cnc(N(C)C)nc2[C@@H]2CN(Cc3cnc(C(C)C)nc3)CCO2)cc1. The van der Waals surface area contributed by atoms with E-state index in [2.05, 4.69) is 33.7 Å². The molecule has 2 aromatic heterocycles. The summed E-state index contributed by atoms with van der Waals surface area (Å²) in [5.41, 5.74) is 4.01. The number of rotatable bonds is 7. The Balaban J connectivity index is 1.58. The molecule has 8 heteroatoms. The van der Waals surface area contributed by atoms with Crippen LogP contribution in [-0.4, -0.2) is 65.7 Å². The first-order chi connectivity index (χ1) is 15.9. The van der Waals surface area contributed by atoms with Crippen molar-refractivity contribution >= 4 is 5.95 Å². The zero-order valence-electron chi connectivity index (χ0n) is 20.0. The van der Waals surface area contributed by atoms with Gasteiger partial charge in [0.1, 0.15) is 17.7 Å². The Morgan fingerprint density at radius 3 is 2.45 bits per heavy atom. The van der Waals surface area contributed by atoms with Crippen LogP contribution in [0, 0.1) is 0 Å². The van der Waals surface area contributed by atoms with Crippen LogP contribution in [-0.2, 0) is 11.3 Å². The molecule has 1 aliphatic rings. The van der Waals surface area contributed by atoms with E-state index in [0.29, 0.717) is 18.5 Å². The van der Waals surface area contributed by atoms with E-state index >= 15 is 0 Å². The third-order valence-electron chi connectivity index (χ3n) is 5.71. The van der Waals surface area contributed by atoms with Gasteiger partial charge in [-0.3, -0.25) is 4.90 Å². The molecule has 0 saturated carbocycles. The normalized spacial score (nSPS) is 16.7. The third kappa shape index (κ3) is 5.46. The maximum Gasteiger partial charge on any atom is 0.225 e. The molecule has 1 aromatic carbocycles. The van der Waals surface area contributed by atoms with Crippen molar-refractivity contribution in [2.24, 2.45) is 0 Å². The molecule has 0 unspecified atom stereocenters. The Morgan fingerprint density at radius 1 is 1.09 bits per heavy atom. The van der Waals surface area contributed by atoms with E-state index in [1.54, 1.807) is 7.11 Å². The fraction of sp³-hybridized carbons (Fsp3) is 0.440. The molecule has 33 heavy (non-hydrogen) atoms. The lowest BCUT2D eigenvalue weighted by Crippen LogP contribution is -2.38. The van der Waals surface area contributed by atoms with Gasteiger partial charge in [0.2, 0.25) is 5.95 Å². The van der Waals surface area contributed by atoms with Gasteiger partial charge in [0, 0.05) is 69.4 Å². The van der Waals surface area contributed by atoms with Gasteiger partial charge in [0.15, 0.2) is 0 Å². The van der Waals surface area contributed by atoms with E-state index in [4.69, 9.17) is 14.5 Å². The van der Waals surface area contributed by atoms with Crippen molar-refractivity contribution in [1.82, 2.24) is 24.8 Å². The first kappa shape index (κ1) is 23.1. The number of aromatic nitrogens is 4. The summed E-state index contributed by atoms with van der Waals surface area (Å²) in [6, 6.07) is 7.97. The Bertz CT molecular complexity index is 1050. The standard InChI is InChI=1S/C25H32N6O2/c1-17(2)24-26-12-18(13-27-24)15-31-10-11-33-22(16-31)23-21(14-28-25(29-23)30(3)4)19-6-8-20(32-5)9-7-19/h6-9,12-14,17,22H,10-11,15-16H2,1-5H3/t22-/m0/s1. The number of methoxy groups -OCH3 is 1. The van der Waals surface area contributed by atoms with Gasteiger partial charge in [-0.2, -0.15) is 0 Å². The minimum absolute atomic E-state index is 0.159. The summed E-state index contributed by atoms with van der Waals surface area (Å²) in [5, 5.41) is 0. The van der Waals surface area contributed by atoms with Crippen molar-refractivity contribution in [1.29, 1.82) is 0 Å². The van der Waals surface area contributed by atoms with Crippen LogP contribution in [0.25, 0.3) is 11.1 Å². The predicted molar refractivity (Wildman–Crippen MR) is 128 cm³/mol. The summed E-state index contributed by atoms with van der Waals surface area (Å²) in [4.78, 5) is 22.8. The minimum Gasteiger partial charge on any atom is -0.497 e. The zero-order chi connectivity index (χ0) is 23.4. The molecule has 0 N–H and O–H groups in total. The van der Waals surface area contributed by atoms with Gasteiger partial charge in [0.05, 0.1) is 19.4 Å². The lowest BCUT2D eigenvalue weighted by molar-refractivity contribution is -0.0347. The highest BCUT2D eigenvalue weighted by Crippen LogP contribution is 2.32. The number of anilines is 1. The summed E-state index contributed by atoms with van der Waals surface area (Å²) in [6.45, 7) is 7.21.